The Balaban J connectivity index is 2.80. The van der Waals surface area contributed by atoms with Gasteiger partial charge in [0.05, 0.1) is 11.6 Å². The van der Waals surface area contributed by atoms with Crippen molar-refractivity contribution in [3.8, 4) is 0 Å². The summed E-state index contributed by atoms with van der Waals surface area (Å²) in [6.45, 7) is 1.74. The van der Waals surface area contributed by atoms with Crippen LogP contribution in [0.5, 0.6) is 0 Å². The number of fused-ring (bicyclic) bond motifs is 1. The second kappa shape index (κ2) is 3.00. The van der Waals surface area contributed by atoms with Gasteiger partial charge in [-0.2, -0.15) is 0 Å². The summed E-state index contributed by atoms with van der Waals surface area (Å²) in [5.41, 5.74) is 1.18. The standard InChI is InChI=1S/C9H8ClFN2/c1-5(10)8-6-2-3-12-9(6)13-4-7(8)11/h2-5H,1H3,(H,12,13). The monoisotopic (exact) mass is 198 g/mol. The number of rotatable bonds is 1. The lowest BCUT2D eigenvalue weighted by Crippen LogP contribution is -1.93. The third-order valence-corrected chi connectivity index (χ3v) is 2.20. The fourth-order valence-corrected chi connectivity index (χ4v) is 1.63. The fourth-order valence-electron chi connectivity index (χ4n) is 1.41. The number of hydrogen-bond donors (Lipinski definition) is 1. The van der Waals surface area contributed by atoms with Gasteiger partial charge in [-0.1, -0.05) is 0 Å². The van der Waals surface area contributed by atoms with Gasteiger partial charge in [0.25, 0.3) is 0 Å². The first-order valence-electron chi connectivity index (χ1n) is 3.95. The zero-order valence-electron chi connectivity index (χ0n) is 7.01. The van der Waals surface area contributed by atoms with Gasteiger partial charge in [-0.05, 0) is 13.0 Å². The quantitative estimate of drug-likeness (QED) is 0.702. The first-order chi connectivity index (χ1) is 6.20. The van der Waals surface area contributed by atoms with E-state index in [1.54, 1.807) is 19.2 Å². The maximum atomic E-state index is 13.3. The Bertz CT molecular complexity index is 436. The average Bonchev–Trinajstić information content (AvgIpc) is 2.50. The fraction of sp³-hybridized carbons (Fsp3) is 0.222. The molecule has 4 heteroatoms. The summed E-state index contributed by atoms with van der Waals surface area (Å²) in [4.78, 5) is 6.80. The van der Waals surface area contributed by atoms with Crippen molar-refractivity contribution >= 4 is 22.6 Å². The van der Waals surface area contributed by atoms with Crippen molar-refractivity contribution in [2.75, 3.05) is 0 Å². The normalized spacial score (nSPS) is 13.5. The van der Waals surface area contributed by atoms with E-state index in [0.29, 0.717) is 11.2 Å². The highest BCUT2D eigenvalue weighted by Crippen LogP contribution is 2.28. The van der Waals surface area contributed by atoms with Crippen LogP contribution in [0.15, 0.2) is 18.5 Å². The first kappa shape index (κ1) is 8.51. The molecule has 0 spiro atoms. The van der Waals surface area contributed by atoms with Crippen LogP contribution in [0.1, 0.15) is 17.9 Å². The zero-order chi connectivity index (χ0) is 9.42. The first-order valence-corrected chi connectivity index (χ1v) is 4.39. The molecule has 0 bridgehead atoms. The van der Waals surface area contributed by atoms with Crippen molar-refractivity contribution in [1.82, 2.24) is 9.97 Å². The third kappa shape index (κ3) is 1.29. The number of hydrogen-bond acceptors (Lipinski definition) is 1. The Kier molecular flexibility index (Phi) is 1.96. The van der Waals surface area contributed by atoms with Gasteiger partial charge in [0.15, 0.2) is 0 Å². The lowest BCUT2D eigenvalue weighted by molar-refractivity contribution is 0.607. The van der Waals surface area contributed by atoms with Crippen molar-refractivity contribution in [1.29, 1.82) is 0 Å². The molecule has 1 unspecified atom stereocenters. The summed E-state index contributed by atoms with van der Waals surface area (Å²) in [5, 5.41) is 0.406. The van der Waals surface area contributed by atoms with Crippen LogP contribution in [0.3, 0.4) is 0 Å². The van der Waals surface area contributed by atoms with Crippen molar-refractivity contribution in [3.05, 3.63) is 29.8 Å². The number of halogens is 2. The van der Waals surface area contributed by atoms with Gasteiger partial charge in [0, 0.05) is 17.1 Å². The molecule has 0 radical (unpaired) electrons. The molecule has 2 nitrogen and oxygen atoms in total. The minimum atomic E-state index is -0.352. The summed E-state index contributed by atoms with van der Waals surface area (Å²) < 4.78 is 13.3. The summed E-state index contributed by atoms with van der Waals surface area (Å²) in [6, 6.07) is 1.78. The lowest BCUT2D eigenvalue weighted by atomic mass is 10.1. The van der Waals surface area contributed by atoms with Gasteiger partial charge in [0.1, 0.15) is 11.5 Å². The highest BCUT2D eigenvalue weighted by Gasteiger charge is 2.13. The highest BCUT2D eigenvalue weighted by molar-refractivity contribution is 6.21. The van der Waals surface area contributed by atoms with E-state index >= 15 is 0 Å². The van der Waals surface area contributed by atoms with E-state index in [4.69, 9.17) is 11.6 Å². The number of aromatic nitrogens is 2. The van der Waals surface area contributed by atoms with Gasteiger partial charge < -0.3 is 4.98 Å². The topological polar surface area (TPSA) is 28.7 Å². The van der Waals surface area contributed by atoms with Gasteiger partial charge in [-0.15, -0.1) is 11.6 Å². The van der Waals surface area contributed by atoms with Crippen molar-refractivity contribution < 1.29 is 4.39 Å². The summed E-state index contributed by atoms with van der Waals surface area (Å²) >= 11 is 5.86. The van der Waals surface area contributed by atoms with E-state index in [9.17, 15) is 4.39 Å². The molecule has 1 atom stereocenters. The molecule has 0 aromatic carbocycles. The summed E-state index contributed by atoms with van der Waals surface area (Å²) in [5.74, 6) is -0.352. The molecule has 0 aliphatic heterocycles. The Hall–Kier alpha value is -1.09. The van der Waals surface area contributed by atoms with Crippen LogP contribution in [-0.4, -0.2) is 9.97 Å². The van der Waals surface area contributed by atoms with E-state index < -0.39 is 0 Å². The second-order valence-electron chi connectivity index (χ2n) is 2.88. The number of alkyl halides is 1. The minimum Gasteiger partial charge on any atom is -0.346 e. The molecule has 68 valence electrons. The maximum absolute atomic E-state index is 13.3. The largest absolute Gasteiger partial charge is 0.346 e. The second-order valence-corrected chi connectivity index (χ2v) is 3.53. The van der Waals surface area contributed by atoms with Gasteiger partial charge in [-0.3, -0.25) is 0 Å². The van der Waals surface area contributed by atoms with Gasteiger partial charge in [-0.25, -0.2) is 9.37 Å². The molecular weight excluding hydrogens is 191 g/mol. The molecule has 2 aromatic rings. The van der Waals surface area contributed by atoms with Crippen molar-refractivity contribution in [2.45, 2.75) is 12.3 Å². The summed E-state index contributed by atoms with van der Waals surface area (Å²) in [7, 11) is 0. The predicted molar refractivity (Wildman–Crippen MR) is 50.3 cm³/mol. The van der Waals surface area contributed by atoms with Crippen LogP contribution < -0.4 is 0 Å². The Morgan fingerprint density at radius 3 is 3.08 bits per heavy atom. The van der Waals surface area contributed by atoms with Crippen LogP contribution in [0, 0.1) is 5.82 Å². The van der Waals surface area contributed by atoms with Crippen LogP contribution in [0.4, 0.5) is 4.39 Å². The molecule has 0 aliphatic rings. The van der Waals surface area contributed by atoms with Gasteiger partial charge in [0.2, 0.25) is 0 Å². The van der Waals surface area contributed by atoms with Crippen LogP contribution >= 0.6 is 11.6 Å². The maximum Gasteiger partial charge on any atom is 0.146 e. The van der Waals surface area contributed by atoms with Crippen LogP contribution in [0.2, 0.25) is 0 Å². The smallest absolute Gasteiger partial charge is 0.146 e. The average molecular weight is 199 g/mol. The number of nitrogens with zero attached hydrogens (tertiary/aromatic N) is 1. The molecule has 2 heterocycles. The van der Waals surface area contributed by atoms with E-state index in [-0.39, 0.29) is 11.2 Å². The molecule has 2 rings (SSSR count). The van der Waals surface area contributed by atoms with Crippen molar-refractivity contribution in [3.63, 3.8) is 0 Å². The van der Waals surface area contributed by atoms with E-state index in [2.05, 4.69) is 9.97 Å². The minimum absolute atomic E-state index is 0.346. The third-order valence-electron chi connectivity index (χ3n) is 1.98. The molecule has 0 amide bonds. The van der Waals surface area contributed by atoms with Crippen LogP contribution in [-0.2, 0) is 0 Å². The number of pyridine rings is 1. The molecule has 0 fully saturated rings. The molecule has 0 saturated heterocycles. The Morgan fingerprint density at radius 2 is 2.38 bits per heavy atom. The zero-order valence-corrected chi connectivity index (χ0v) is 7.77. The molecular formula is C9H8ClFN2. The number of nitrogens with one attached hydrogen (secondary N) is 1. The van der Waals surface area contributed by atoms with Gasteiger partial charge >= 0.3 is 0 Å². The highest BCUT2D eigenvalue weighted by atomic mass is 35.5. The number of H-pyrrole nitrogens is 1. The number of aromatic amines is 1. The Labute approximate surface area is 79.7 Å². The predicted octanol–water partition coefficient (Wildman–Crippen LogP) is 3.00. The molecule has 1 N–H and O–H groups in total. The lowest BCUT2D eigenvalue weighted by Gasteiger charge is -2.05. The van der Waals surface area contributed by atoms with Crippen molar-refractivity contribution in [2.24, 2.45) is 0 Å². The van der Waals surface area contributed by atoms with Crippen LogP contribution in [0.25, 0.3) is 11.0 Å². The van der Waals surface area contributed by atoms with E-state index in [1.807, 2.05) is 0 Å². The molecule has 13 heavy (non-hydrogen) atoms. The van der Waals surface area contributed by atoms with E-state index in [0.717, 1.165) is 5.39 Å². The molecule has 0 aliphatic carbocycles. The molecule has 0 saturated carbocycles. The molecule has 2 aromatic heterocycles. The van der Waals surface area contributed by atoms with E-state index in [1.165, 1.54) is 6.20 Å². The SMILES string of the molecule is CC(Cl)c1c(F)cnc2[nH]ccc12. The summed E-state index contributed by atoms with van der Waals surface area (Å²) in [6.07, 6.45) is 2.91. The Morgan fingerprint density at radius 1 is 1.62 bits per heavy atom.